The van der Waals surface area contributed by atoms with Gasteiger partial charge < -0.3 is 15.0 Å². The van der Waals surface area contributed by atoms with Crippen LogP contribution >= 0.6 is 0 Å². The fourth-order valence-electron chi connectivity index (χ4n) is 2.13. The van der Waals surface area contributed by atoms with E-state index in [-0.39, 0.29) is 0 Å². The van der Waals surface area contributed by atoms with Crippen molar-refractivity contribution < 1.29 is 4.74 Å². The first-order chi connectivity index (χ1) is 9.33. The minimum Gasteiger partial charge on any atom is -0.457 e. The molecule has 1 aliphatic heterocycles. The van der Waals surface area contributed by atoms with E-state index in [0.717, 1.165) is 24.6 Å². The van der Waals surface area contributed by atoms with E-state index in [1.54, 1.807) is 0 Å². The zero-order valence-electron chi connectivity index (χ0n) is 11.0. The van der Waals surface area contributed by atoms with Gasteiger partial charge in [0.2, 0.25) is 0 Å². The zero-order chi connectivity index (χ0) is 13.1. The minimum absolute atomic E-state index is 0.612. The Bertz CT molecular complexity index is 520. The molecule has 0 amide bonds. The molecule has 1 N–H and O–H groups in total. The summed E-state index contributed by atoms with van der Waals surface area (Å²) in [6.07, 6.45) is 0. The number of hydrogen-bond donors (Lipinski definition) is 1. The number of rotatable bonds is 4. The molecule has 1 heterocycles. The highest BCUT2D eigenvalue weighted by Gasteiger charge is 2.21. The van der Waals surface area contributed by atoms with E-state index in [1.165, 1.54) is 5.69 Å². The fraction of sp³-hybridized carbons (Fsp3) is 0.250. The Morgan fingerprint density at radius 1 is 0.947 bits per heavy atom. The third-order valence-electron chi connectivity index (χ3n) is 3.53. The van der Waals surface area contributed by atoms with Gasteiger partial charge in [-0.05, 0) is 36.4 Å². The highest BCUT2D eigenvalue weighted by Crippen LogP contribution is 2.25. The third-order valence-corrected chi connectivity index (χ3v) is 3.53. The summed E-state index contributed by atoms with van der Waals surface area (Å²) < 4.78 is 5.78. The van der Waals surface area contributed by atoms with Crippen molar-refractivity contribution in [2.45, 2.75) is 6.04 Å². The van der Waals surface area contributed by atoms with Crippen LogP contribution in [0.4, 0.5) is 5.69 Å². The second-order valence-corrected chi connectivity index (χ2v) is 4.83. The van der Waals surface area contributed by atoms with Gasteiger partial charge in [0.15, 0.2) is 0 Å². The van der Waals surface area contributed by atoms with Gasteiger partial charge in [-0.2, -0.15) is 0 Å². The van der Waals surface area contributed by atoms with E-state index in [1.807, 2.05) is 42.5 Å². The minimum atomic E-state index is 0.612. The number of ether oxygens (including phenoxy) is 1. The van der Waals surface area contributed by atoms with Gasteiger partial charge in [0.05, 0.1) is 6.04 Å². The SMILES string of the molecule is CN(c1ccc(Oc2ccccc2)cc1)C1CNC1. The lowest BCUT2D eigenvalue weighted by atomic mass is 10.1. The van der Waals surface area contributed by atoms with Gasteiger partial charge in [0, 0.05) is 25.8 Å². The van der Waals surface area contributed by atoms with Crippen LogP contribution in [0, 0.1) is 0 Å². The van der Waals surface area contributed by atoms with Crippen LogP contribution in [-0.4, -0.2) is 26.2 Å². The first-order valence-electron chi connectivity index (χ1n) is 6.59. The Balaban J connectivity index is 1.68. The largest absolute Gasteiger partial charge is 0.457 e. The van der Waals surface area contributed by atoms with Crippen molar-refractivity contribution in [3.8, 4) is 11.5 Å². The average molecular weight is 254 g/mol. The topological polar surface area (TPSA) is 24.5 Å². The van der Waals surface area contributed by atoms with Crippen molar-refractivity contribution in [1.82, 2.24) is 5.32 Å². The van der Waals surface area contributed by atoms with Crippen LogP contribution in [0.25, 0.3) is 0 Å². The number of nitrogens with one attached hydrogen (secondary N) is 1. The molecule has 1 saturated heterocycles. The van der Waals surface area contributed by atoms with Crippen LogP contribution in [0.1, 0.15) is 0 Å². The zero-order valence-corrected chi connectivity index (χ0v) is 11.0. The van der Waals surface area contributed by atoms with E-state index in [0.29, 0.717) is 6.04 Å². The summed E-state index contributed by atoms with van der Waals surface area (Å²) in [5, 5.41) is 3.29. The van der Waals surface area contributed by atoms with Crippen molar-refractivity contribution in [1.29, 1.82) is 0 Å². The maximum absolute atomic E-state index is 5.78. The van der Waals surface area contributed by atoms with Gasteiger partial charge in [-0.15, -0.1) is 0 Å². The summed E-state index contributed by atoms with van der Waals surface area (Å²) in [5.41, 5.74) is 1.23. The Hall–Kier alpha value is -2.00. The van der Waals surface area contributed by atoms with Crippen LogP contribution in [0.15, 0.2) is 54.6 Å². The van der Waals surface area contributed by atoms with Crippen molar-refractivity contribution in [2.24, 2.45) is 0 Å². The first-order valence-corrected chi connectivity index (χ1v) is 6.59. The molecule has 2 aromatic rings. The maximum atomic E-state index is 5.78. The van der Waals surface area contributed by atoms with Crippen molar-refractivity contribution >= 4 is 5.69 Å². The van der Waals surface area contributed by atoms with Gasteiger partial charge in [-0.3, -0.25) is 0 Å². The van der Waals surface area contributed by atoms with E-state index < -0.39 is 0 Å². The molecular weight excluding hydrogens is 236 g/mol. The monoisotopic (exact) mass is 254 g/mol. The van der Waals surface area contributed by atoms with Crippen LogP contribution in [0.3, 0.4) is 0 Å². The summed E-state index contributed by atoms with van der Waals surface area (Å²) in [6.45, 7) is 2.14. The smallest absolute Gasteiger partial charge is 0.127 e. The van der Waals surface area contributed by atoms with E-state index in [9.17, 15) is 0 Å². The molecule has 0 spiro atoms. The van der Waals surface area contributed by atoms with Crippen LogP contribution in [0.2, 0.25) is 0 Å². The number of benzene rings is 2. The fourth-order valence-corrected chi connectivity index (χ4v) is 2.13. The molecule has 19 heavy (non-hydrogen) atoms. The molecule has 0 atom stereocenters. The van der Waals surface area contributed by atoms with Crippen LogP contribution in [0.5, 0.6) is 11.5 Å². The highest BCUT2D eigenvalue weighted by molar-refractivity contribution is 5.50. The Kier molecular flexibility index (Phi) is 3.38. The van der Waals surface area contributed by atoms with Gasteiger partial charge in [0.25, 0.3) is 0 Å². The quantitative estimate of drug-likeness (QED) is 0.908. The number of nitrogens with zero attached hydrogens (tertiary/aromatic N) is 1. The number of para-hydroxylation sites is 1. The van der Waals surface area contributed by atoms with Gasteiger partial charge in [0.1, 0.15) is 11.5 Å². The summed E-state index contributed by atoms with van der Waals surface area (Å²) >= 11 is 0. The van der Waals surface area contributed by atoms with Gasteiger partial charge in [-0.25, -0.2) is 0 Å². The van der Waals surface area contributed by atoms with Crippen molar-refractivity contribution in [3.05, 3.63) is 54.6 Å². The molecule has 0 aliphatic carbocycles. The second kappa shape index (κ2) is 5.33. The molecule has 0 unspecified atom stereocenters. The molecule has 1 fully saturated rings. The predicted octanol–water partition coefficient (Wildman–Crippen LogP) is 2.89. The molecule has 98 valence electrons. The summed E-state index contributed by atoms with van der Waals surface area (Å²) in [7, 11) is 2.14. The molecule has 3 rings (SSSR count). The molecule has 1 aliphatic rings. The molecule has 0 aromatic heterocycles. The van der Waals surface area contributed by atoms with Gasteiger partial charge >= 0.3 is 0 Å². The lowest BCUT2D eigenvalue weighted by molar-refractivity contribution is 0.428. The predicted molar refractivity (Wildman–Crippen MR) is 78.0 cm³/mol. The molecule has 3 nitrogen and oxygen atoms in total. The molecule has 0 bridgehead atoms. The summed E-state index contributed by atoms with van der Waals surface area (Å²) in [6, 6.07) is 18.7. The lowest BCUT2D eigenvalue weighted by Crippen LogP contribution is -2.56. The van der Waals surface area contributed by atoms with Crippen molar-refractivity contribution in [3.63, 3.8) is 0 Å². The Morgan fingerprint density at radius 3 is 2.16 bits per heavy atom. The molecular formula is C16H18N2O. The maximum Gasteiger partial charge on any atom is 0.127 e. The highest BCUT2D eigenvalue weighted by atomic mass is 16.5. The molecule has 0 saturated carbocycles. The van der Waals surface area contributed by atoms with Crippen LogP contribution < -0.4 is 15.0 Å². The Labute approximate surface area is 113 Å². The average Bonchev–Trinajstić information content (AvgIpc) is 2.39. The van der Waals surface area contributed by atoms with E-state index in [4.69, 9.17) is 4.74 Å². The molecule has 0 radical (unpaired) electrons. The standard InChI is InChI=1S/C16H18N2O/c1-18(14-11-17-12-14)13-7-9-16(10-8-13)19-15-5-3-2-4-6-15/h2-10,14,17H,11-12H2,1H3. The number of hydrogen-bond acceptors (Lipinski definition) is 3. The van der Waals surface area contributed by atoms with Gasteiger partial charge in [-0.1, -0.05) is 18.2 Å². The normalized spacial score (nSPS) is 14.8. The third kappa shape index (κ3) is 2.71. The molecule has 2 aromatic carbocycles. The van der Waals surface area contributed by atoms with E-state index in [2.05, 4.69) is 29.4 Å². The van der Waals surface area contributed by atoms with Crippen molar-refractivity contribution in [2.75, 3.05) is 25.0 Å². The number of likely N-dealkylation sites (N-methyl/N-ethyl adjacent to an activating group) is 1. The Morgan fingerprint density at radius 2 is 1.58 bits per heavy atom. The summed E-state index contributed by atoms with van der Waals surface area (Å²) in [5.74, 6) is 1.74. The lowest BCUT2D eigenvalue weighted by Gasteiger charge is -2.37. The second-order valence-electron chi connectivity index (χ2n) is 4.83. The summed E-state index contributed by atoms with van der Waals surface area (Å²) in [4.78, 5) is 2.31. The van der Waals surface area contributed by atoms with E-state index >= 15 is 0 Å². The number of anilines is 1. The van der Waals surface area contributed by atoms with Crippen LogP contribution in [-0.2, 0) is 0 Å². The molecule has 3 heteroatoms. The first kappa shape index (κ1) is 12.1.